The van der Waals surface area contributed by atoms with Crippen molar-refractivity contribution in [3.05, 3.63) is 123 Å². The van der Waals surface area contributed by atoms with Crippen LogP contribution in [-0.4, -0.2) is 0 Å². The molecule has 0 N–H and O–H groups in total. The Kier molecular flexibility index (Phi) is 5.62. The summed E-state index contributed by atoms with van der Waals surface area (Å²) < 4.78 is 8.73. The Labute approximate surface area is 257 Å². The first kappa shape index (κ1) is 25.4. The summed E-state index contributed by atoms with van der Waals surface area (Å²) in [6, 6.07) is 37.2. The first-order chi connectivity index (χ1) is 19.8. The molecule has 0 aliphatic heterocycles. The van der Waals surface area contributed by atoms with Gasteiger partial charge in [0.1, 0.15) is 5.58 Å². The normalized spacial score (nSPS) is 21.1. The number of nitrogens with zero attached hydrogens (tertiary/aromatic N) is 1. The predicted molar refractivity (Wildman–Crippen MR) is 178 cm³/mol. The van der Waals surface area contributed by atoms with Crippen LogP contribution in [0.2, 0.25) is 0 Å². The second-order valence-electron chi connectivity index (χ2n) is 12.3. The minimum Gasteiger partial charge on any atom is -0.454 e. The van der Waals surface area contributed by atoms with Crippen molar-refractivity contribution < 1.29 is 4.42 Å². The number of fused-ring (bicyclic) bond motifs is 8. The van der Waals surface area contributed by atoms with E-state index in [-0.39, 0.29) is 5.41 Å². The van der Waals surface area contributed by atoms with Crippen molar-refractivity contribution in [2.45, 2.75) is 43.9 Å². The van der Waals surface area contributed by atoms with Gasteiger partial charge in [0.2, 0.25) is 0 Å². The van der Waals surface area contributed by atoms with E-state index < -0.39 is 0 Å². The number of anilines is 3. The lowest BCUT2D eigenvalue weighted by molar-refractivity contribution is 0.484. The molecular weight excluding hydrogens is 634 g/mol. The molecule has 5 aromatic carbocycles. The molecule has 0 saturated heterocycles. The Hall–Kier alpha value is -3.34. The zero-order valence-corrected chi connectivity index (χ0v) is 26.2. The summed E-state index contributed by atoms with van der Waals surface area (Å²) in [5.74, 6) is 0. The highest BCUT2D eigenvalue weighted by Gasteiger charge is 2.52. The minimum atomic E-state index is 0.274. The van der Waals surface area contributed by atoms with Crippen molar-refractivity contribution in [2.75, 3.05) is 4.90 Å². The SMILES string of the molecule is CC12CCC(C)(C1)c1cc(-c3cc(N(c4ccc(Br)cc4)c4ccc(Br)cc4)c4oc5ccccc5c4c3)ccc12. The fourth-order valence-electron chi connectivity index (χ4n) is 7.55. The summed E-state index contributed by atoms with van der Waals surface area (Å²) in [6.45, 7) is 4.93. The maximum absolute atomic E-state index is 6.63. The van der Waals surface area contributed by atoms with Crippen LogP contribution in [0, 0.1) is 0 Å². The lowest BCUT2D eigenvalue weighted by Gasteiger charge is -2.28. The van der Waals surface area contributed by atoms with Crippen LogP contribution in [-0.2, 0) is 10.8 Å². The highest BCUT2D eigenvalue weighted by molar-refractivity contribution is 9.10. The fraction of sp³-hybridized carbons (Fsp3) is 0.189. The van der Waals surface area contributed by atoms with Gasteiger partial charge in [-0.2, -0.15) is 0 Å². The van der Waals surface area contributed by atoms with Crippen molar-refractivity contribution in [1.29, 1.82) is 0 Å². The lowest BCUT2D eigenvalue weighted by atomic mass is 9.77. The van der Waals surface area contributed by atoms with Gasteiger partial charge in [0, 0.05) is 31.1 Å². The van der Waals surface area contributed by atoms with E-state index in [1.54, 1.807) is 11.1 Å². The van der Waals surface area contributed by atoms with E-state index in [9.17, 15) is 0 Å². The van der Waals surface area contributed by atoms with Gasteiger partial charge in [-0.1, -0.05) is 82.1 Å². The van der Waals surface area contributed by atoms with Gasteiger partial charge in [-0.05, 0) is 119 Å². The molecule has 1 fully saturated rings. The van der Waals surface area contributed by atoms with E-state index in [1.807, 2.05) is 6.07 Å². The average molecular weight is 663 g/mol. The molecule has 2 bridgehead atoms. The Bertz CT molecular complexity index is 1930. The van der Waals surface area contributed by atoms with Crippen LogP contribution >= 0.6 is 31.9 Å². The third-order valence-corrected chi connectivity index (χ3v) is 10.6. The van der Waals surface area contributed by atoms with Gasteiger partial charge in [0.05, 0.1) is 5.69 Å². The van der Waals surface area contributed by atoms with Gasteiger partial charge in [-0.25, -0.2) is 0 Å². The van der Waals surface area contributed by atoms with Crippen LogP contribution in [0.5, 0.6) is 0 Å². The van der Waals surface area contributed by atoms with Gasteiger partial charge >= 0.3 is 0 Å². The molecule has 0 amide bonds. The second-order valence-corrected chi connectivity index (χ2v) is 14.1. The van der Waals surface area contributed by atoms with Gasteiger partial charge < -0.3 is 9.32 Å². The van der Waals surface area contributed by atoms with Crippen LogP contribution in [0.4, 0.5) is 17.1 Å². The molecule has 2 aliphatic rings. The molecule has 202 valence electrons. The third kappa shape index (κ3) is 3.94. The van der Waals surface area contributed by atoms with Gasteiger partial charge in [-0.3, -0.25) is 0 Å². The number of hydrogen-bond donors (Lipinski definition) is 0. The molecular formula is C37H29Br2NO. The molecule has 41 heavy (non-hydrogen) atoms. The van der Waals surface area contributed by atoms with Gasteiger partial charge in [-0.15, -0.1) is 0 Å². The Morgan fingerprint density at radius 3 is 1.95 bits per heavy atom. The summed E-state index contributed by atoms with van der Waals surface area (Å²) in [5.41, 5.74) is 11.1. The highest BCUT2D eigenvalue weighted by Crippen LogP contribution is 2.61. The van der Waals surface area contributed by atoms with Gasteiger partial charge in [0.15, 0.2) is 5.58 Å². The summed E-state index contributed by atoms with van der Waals surface area (Å²) in [7, 11) is 0. The highest BCUT2D eigenvalue weighted by atomic mass is 79.9. The van der Waals surface area contributed by atoms with Crippen LogP contribution in [0.25, 0.3) is 33.1 Å². The largest absolute Gasteiger partial charge is 0.454 e. The number of rotatable bonds is 4. The van der Waals surface area contributed by atoms with E-state index in [4.69, 9.17) is 4.42 Å². The smallest absolute Gasteiger partial charge is 0.159 e. The van der Waals surface area contributed by atoms with Crippen LogP contribution < -0.4 is 4.90 Å². The van der Waals surface area contributed by atoms with Crippen LogP contribution in [0.1, 0.15) is 44.2 Å². The number of para-hydroxylation sites is 1. The molecule has 2 unspecified atom stereocenters. The molecule has 0 radical (unpaired) electrons. The molecule has 8 rings (SSSR count). The number of furan rings is 1. The van der Waals surface area contributed by atoms with E-state index in [2.05, 4.69) is 148 Å². The van der Waals surface area contributed by atoms with E-state index in [1.165, 1.54) is 30.4 Å². The van der Waals surface area contributed by atoms with Crippen molar-refractivity contribution in [3.63, 3.8) is 0 Å². The molecule has 2 atom stereocenters. The summed E-state index contributed by atoms with van der Waals surface area (Å²) in [5, 5.41) is 2.27. The Morgan fingerprint density at radius 1 is 0.634 bits per heavy atom. The first-order valence-corrected chi connectivity index (χ1v) is 15.8. The first-order valence-electron chi connectivity index (χ1n) is 14.2. The quantitative estimate of drug-likeness (QED) is 0.187. The van der Waals surface area contributed by atoms with Crippen molar-refractivity contribution in [1.82, 2.24) is 0 Å². The monoisotopic (exact) mass is 661 g/mol. The van der Waals surface area contributed by atoms with Crippen LogP contribution in [0.15, 0.2) is 116 Å². The minimum absolute atomic E-state index is 0.274. The number of benzene rings is 5. The van der Waals surface area contributed by atoms with E-state index in [0.717, 1.165) is 47.9 Å². The van der Waals surface area contributed by atoms with E-state index >= 15 is 0 Å². The molecule has 1 saturated carbocycles. The van der Waals surface area contributed by atoms with Crippen molar-refractivity contribution >= 4 is 70.9 Å². The number of hydrogen-bond acceptors (Lipinski definition) is 2. The molecule has 2 aliphatic carbocycles. The third-order valence-electron chi connectivity index (χ3n) is 9.53. The zero-order valence-electron chi connectivity index (χ0n) is 23.0. The summed E-state index contributed by atoms with van der Waals surface area (Å²) in [4.78, 5) is 2.31. The predicted octanol–water partition coefficient (Wildman–Crippen LogP) is 12.0. The van der Waals surface area contributed by atoms with Crippen molar-refractivity contribution in [3.8, 4) is 11.1 Å². The van der Waals surface area contributed by atoms with Crippen LogP contribution in [0.3, 0.4) is 0 Å². The Balaban J connectivity index is 1.40. The molecule has 2 nitrogen and oxygen atoms in total. The Morgan fingerprint density at radius 2 is 1.27 bits per heavy atom. The second kappa shape index (κ2) is 9.08. The average Bonchev–Trinajstić information content (AvgIpc) is 3.59. The maximum atomic E-state index is 6.63. The number of halogens is 2. The molecule has 1 aromatic heterocycles. The molecule has 6 aromatic rings. The summed E-state index contributed by atoms with van der Waals surface area (Å²) >= 11 is 7.25. The molecule has 1 heterocycles. The fourth-order valence-corrected chi connectivity index (χ4v) is 8.08. The standard InChI is InChI=1S/C37H29Br2NO/c1-36-17-18-37(2,22-36)32-20-23(7-16-31(32)36)24-19-30-29-5-3-4-6-34(29)41-35(30)33(21-24)40(27-12-8-25(38)9-13-27)28-14-10-26(39)11-15-28/h3-16,19-21H,17-18,22H2,1-2H3. The van der Waals surface area contributed by atoms with E-state index in [0.29, 0.717) is 5.41 Å². The van der Waals surface area contributed by atoms with Gasteiger partial charge in [0.25, 0.3) is 0 Å². The van der Waals surface area contributed by atoms with Crippen molar-refractivity contribution in [2.24, 2.45) is 0 Å². The molecule has 4 heteroatoms. The summed E-state index contributed by atoms with van der Waals surface area (Å²) in [6.07, 6.45) is 3.83. The zero-order chi connectivity index (χ0) is 27.9. The maximum Gasteiger partial charge on any atom is 0.159 e. The lowest BCUT2D eigenvalue weighted by Crippen LogP contribution is -2.17. The topological polar surface area (TPSA) is 16.4 Å². The molecule has 0 spiro atoms.